The van der Waals surface area contributed by atoms with Crippen LogP contribution in [0.25, 0.3) is 0 Å². The summed E-state index contributed by atoms with van der Waals surface area (Å²) >= 11 is 0. The molecule has 0 radical (unpaired) electrons. The van der Waals surface area contributed by atoms with E-state index in [1.54, 1.807) is 6.08 Å². The van der Waals surface area contributed by atoms with Crippen LogP contribution in [0, 0.1) is 13.8 Å². The van der Waals surface area contributed by atoms with E-state index in [2.05, 4.69) is 45.9 Å². The van der Waals surface area contributed by atoms with E-state index in [1.165, 1.54) is 24.0 Å². The number of phosphoric ester groups is 1. The molecule has 60 heavy (non-hydrogen) atoms. The van der Waals surface area contributed by atoms with Gasteiger partial charge in [-0.05, 0) is 82.8 Å². The summed E-state index contributed by atoms with van der Waals surface area (Å²) in [5.41, 5.74) is 2.58. The Kier molecular flexibility index (Phi) is 30.7. The van der Waals surface area contributed by atoms with Crippen LogP contribution in [0.4, 0.5) is 0 Å². The largest absolute Gasteiger partial charge is 0.756 e. The van der Waals surface area contributed by atoms with Crippen LogP contribution in [0.2, 0.25) is 0 Å². The maximum Gasteiger partial charge on any atom is 0.306 e. The molecular formula is C48H80NO10P. The van der Waals surface area contributed by atoms with Crippen LogP contribution in [0.1, 0.15) is 146 Å². The van der Waals surface area contributed by atoms with Gasteiger partial charge in [-0.1, -0.05) is 113 Å². The molecule has 1 rings (SSSR count). The Labute approximate surface area is 363 Å². The Morgan fingerprint density at radius 2 is 1.37 bits per heavy atom. The molecule has 0 aliphatic heterocycles. The number of quaternary nitrogens is 1. The van der Waals surface area contributed by atoms with Crippen molar-refractivity contribution in [1.29, 1.82) is 0 Å². The molecule has 0 amide bonds. The van der Waals surface area contributed by atoms with Crippen LogP contribution in [-0.2, 0) is 45.5 Å². The fourth-order valence-corrected chi connectivity index (χ4v) is 6.74. The van der Waals surface area contributed by atoms with Crippen LogP contribution in [0.15, 0.2) is 65.2 Å². The number of phosphoric acid groups is 1. The van der Waals surface area contributed by atoms with Gasteiger partial charge in [0.25, 0.3) is 7.82 Å². The zero-order valence-corrected chi connectivity index (χ0v) is 39.1. The van der Waals surface area contributed by atoms with Crippen molar-refractivity contribution in [3.8, 4) is 0 Å². The van der Waals surface area contributed by atoms with Crippen LogP contribution in [-0.4, -0.2) is 81.2 Å². The average Bonchev–Trinajstić information content (AvgIpc) is 3.46. The number of likely N-dealkylation sites (N-methyl/N-ethyl adjacent to an activating group) is 1. The van der Waals surface area contributed by atoms with E-state index in [-0.39, 0.29) is 26.1 Å². The number of unbranched alkanes of at least 4 members (excludes halogenated alkanes) is 8. The van der Waals surface area contributed by atoms with Gasteiger partial charge in [0.05, 0.1) is 33.9 Å². The number of furan rings is 1. The van der Waals surface area contributed by atoms with Gasteiger partial charge in [0.1, 0.15) is 31.3 Å². The number of rotatable bonds is 36. The number of allylic oxidation sites excluding steroid dienone is 8. The zero-order valence-electron chi connectivity index (χ0n) is 38.2. The highest BCUT2D eigenvalue weighted by atomic mass is 31.2. The van der Waals surface area contributed by atoms with E-state index in [1.807, 2.05) is 57.6 Å². The Balaban J connectivity index is 2.45. The third-order valence-electron chi connectivity index (χ3n) is 9.84. The van der Waals surface area contributed by atoms with Crippen LogP contribution in [0.3, 0.4) is 0 Å². The van der Waals surface area contributed by atoms with E-state index < -0.39 is 38.6 Å². The van der Waals surface area contributed by atoms with Gasteiger partial charge in [-0.15, -0.1) is 0 Å². The fraction of sp³-hybridized carbons (Fsp3) is 0.667. The van der Waals surface area contributed by atoms with E-state index in [4.69, 9.17) is 22.9 Å². The number of esters is 2. The van der Waals surface area contributed by atoms with Crippen molar-refractivity contribution in [3.05, 3.63) is 83.4 Å². The lowest BCUT2D eigenvalue weighted by molar-refractivity contribution is -0.870. The summed E-state index contributed by atoms with van der Waals surface area (Å²) in [7, 11) is 1.06. The lowest BCUT2D eigenvalue weighted by Gasteiger charge is -2.28. The van der Waals surface area contributed by atoms with Crippen molar-refractivity contribution < 1.29 is 51.6 Å². The maximum atomic E-state index is 12.8. The number of hydrogen-bond acceptors (Lipinski definition) is 10. The topological polar surface area (TPSA) is 145 Å². The number of nitrogens with zero attached hydrogens (tertiary/aromatic N) is 1. The molecule has 2 unspecified atom stereocenters. The molecule has 1 aromatic rings. The summed E-state index contributed by atoms with van der Waals surface area (Å²) in [6.45, 7) is 8.17. The molecule has 342 valence electrons. The Morgan fingerprint density at radius 1 is 0.750 bits per heavy atom. The average molecular weight is 862 g/mol. The number of ether oxygens (including phenoxy) is 2. The van der Waals surface area contributed by atoms with Gasteiger partial charge in [-0.25, -0.2) is 0 Å². The SMILES string of the molecule is CC/C=C\C/C=C\CC(O)/C=C/C=C\C/C=C\CCCC(=O)OC[C@H](COP(=O)([O-])OCC[N+](C)(C)C)OC(=O)CCCCCCCCc1oc(CCCCC)c(C)c1C. The van der Waals surface area contributed by atoms with Crippen molar-refractivity contribution in [2.45, 2.75) is 162 Å². The lowest BCUT2D eigenvalue weighted by Crippen LogP contribution is -2.37. The molecule has 0 fully saturated rings. The Morgan fingerprint density at radius 3 is 2.05 bits per heavy atom. The van der Waals surface area contributed by atoms with E-state index in [0.29, 0.717) is 36.7 Å². The molecule has 11 nitrogen and oxygen atoms in total. The van der Waals surface area contributed by atoms with Gasteiger partial charge in [-0.2, -0.15) is 0 Å². The molecule has 0 bridgehead atoms. The summed E-state index contributed by atoms with van der Waals surface area (Å²) < 4.78 is 40.1. The van der Waals surface area contributed by atoms with Crippen molar-refractivity contribution in [3.63, 3.8) is 0 Å². The number of aliphatic hydroxyl groups excluding tert-OH is 1. The van der Waals surface area contributed by atoms with E-state index >= 15 is 0 Å². The fourth-order valence-electron chi connectivity index (χ4n) is 6.01. The molecule has 0 aliphatic carbocycles. The molecule has 0 aliphatic rings. The second-order valence-electron chi connectivity index (χ2n) is 16.5. The van der Waals surface area contributed by atoms with Crippen molar-refractivity contribution >= 4 is 19.8 Å². The number of hydrogen-bond donors (Lipinski definition) is 1. The maximum absolute atomic E-state index is 12.8. The van der Waals surface area contributed by atoms with Gasteiger partial charge < -0.3 is 37.4 Å². The minimum absolute atomic E-state index is 0.0618. The minimum Gasteiger partial charge on any atom is -0.756 e. The number of aliphatic hydroxyl groups is 1. The predicted molar refractivity (Wildman–Crippen MR) is 240 cm³/mol. The highest BCUT2D eigenvalue weighted by Gasteiger charge is 2.22. The number of aryl methyl sites for hydroxylation is 2. The molecule has 0 saturated heterocycles. The predicted octanol–water partition coefficient (Wildman–Crippen LogP) is 10.5. The second-order valence-corrected chi connectivity index (χ2v) is 17.9. The van der Waals surface area contributed by atoms with Crippen LogP contribution < -0.4 is 4.89 Å². The Hall–Kier alpha value is -3.05. The first kappa shape index (κ1) is 55.0. The first-order valence-electron chi connectivity index (χ1n) is 22.5. The van der Waals surface area contributed by atoms with Gasteiger partial charge in [0.15, 0.2) is 6.10 Å². The van der Waals surface area contributed by atoms with Crippen molar-refractivity contribution in [2.24, 2.45) is 0 Å². The van der Waals surface area contributed by atoms with Gasteiger partial charge in [0, 0.05) is 25.7 Å². The summed E-state index contributed by atoms with van der Waals surface area (Å²) in [4.78, 5) is 37.7. The van der Waals surface area contributed by atoms with Gasteiger partial charge in [0.2, 0.25) is 0 Å². The molecule has 0 spiro atoms. The second kappa shape index (κ2) is 33.6. The zero-order chi connectivity index (χ0) is 44.5. The van der Waals surface area contributed by atoms with E-state index in [0.717, 1.165) is 82.1 Å². The molecule has 1 aromatic heterocycles. The monoisotopic (exact) mass is 862 g/mol. The molecule has 12 heteroatoms. The summed E-state index contributed by atoms with van der Waals surface area (Å²) in [6, 6.07) is 0. The smallest absolute Gasteiger partial charge is 0.306 e. The molecule has 0 saturated carbocycles. The van der Waals surface area contributed by atoms with Crippen LogP contribution >= 0.6 is 7.82 Å². The van der Waals surface area contributed by atoms with Gasteiger partial charge >= 0.3 is 11.9 Å². The summed E-state index contributed by atoms with van der Waals surface area (Å²) in [5.74, 6) is 1.27. The quantitative estimate of drug-likeness (QED) is 0.0173. The third kappa shape index (κ3) is 30.1. The molecular weight excluding hydrogens is 781 g/mol. The van der Waals surface area contributed by atoms with Crippen LogP contribution in [0.5, 0.6) is 0 Å². The highest BCUT2D eigenvalue weighted by Crippen LogP contribution is 2.38. The lowest BCUT2D eigenvalue weighted by atomic mass is 10.0. The number of carbonyl (C=O) groups is 2. The summed E-state index contributed by atoms with van der Waals surface area (Å²) in [5, 5.41) is 10.0. The Bertz CT molecular complexity index is 1500. The minimum atomic E-state index is -4.67. The molecule has 1 N–H and O–H groups in total. The molecule has 0 aromatic carbocycles. The molecule has 1 heterocycles. The number of carbonyl (C=O) groups excluding carboxylic acids is 2. The normalized spacial score (nSPS) is 14.6. The summed E-state index contributed by atoms with van der Waals surface area (Å²) in [6.07, 6.45) is 34.1. The van der Waals surface area contributed by atoms with Crippen molar-refractivity contribution in [2.75, 3.05) is 47.5 Å². The van der Waals surface area contributed by atoms with Crippen molar-refractivity contribution in [1.82, 2.24) is 0 Å². The first-order valence-corrected chi connectivity index (χ1v) is 23.9. The van der Waals surface area contributed by atoms with Gasteiger partial charge in [-0.3, -0.25) is 14.2 Å². The highest BCUT2D eigenvalue weighted by molar-refractivity contribution is 7.45. The molecule has 3 atom stereocenters. The van der Waals surface area contributed by atoms with E-state index in [9.17, 15) is 24.2 Å². The first-order chi connectivity index (χ1) is 28.7. The third-order valence-corrected chi connectivity index (χ3v) is 10.8. The standard InChI is InChI=1S/C48H80NO10P/c1-8-10-12-13-20-26-31-43(50)32-27-21-16-14-15-17-23-29-35-47(51)55-39-44(40-57-60(53,54)56-38-37-49(5,6)7)58-48(52)36-30-24-19-18-22-28-34-46-42(4)41(3)45(59-46)33-25-11-9-2/h10,12,15-17,20-21,26-27,32,43-44,50H,8-9,11,13-14,18-19,22-25,28-31,33-40H2,1-7H3/b12-10-,17-15-,21-16-,26-20-,32-27+/t43?,44-/m1/s1.